The van der Waals surface area contributed by atoms with E-state index < -0.39 is 0 Å². The summed E-state index contributed by atoms with van der Waals surface area (Å²) in [5.74, 6) is 1.11. The molecule has 1 aliphatic heterocycles. The number of rotatable bonds is 5. The molecule has 1 heterocycles. The van der Waals surface area contributed by atoms with Crippen LogP contribution < -0.4 is 15.4 Å². The molecule has 1 aliphatic carbocycles. The summed E-state index contributed by atoms with van der Waals surface area (Å²) >= 11 is 6.14. The zero-order valence-electron chi connectivity index (χ0n) is 18.4. The number of carbonyl (C=O) groups excluding carboxylic acids is 2. The number of nitrogens with one attached hydrogen (secondary N) is 2. The van der Waals surface area contributed by atoms with Crippen molar-refractivity contribution in [3.05, 3.63) is 58.6 Å². The van der Waals surface area contributed by atoms with Crippen LogP contribution in [0.1, 0.15) is 54.4 Å². The van der Waals surface area contributed by atoms with E-state index in [1.807, 2.05) is 18.2 Å². The van der Waals surface area contributed by atoms with E-state index in [-0.39, 0.29) is 11.9 Å². The Labute approximate surface area is 194 Å². The van der Waals surface area contributed by atoms with Gasteiger partial charge < -0.3 is 20.3 Å². The molecule has 0 radical (unpaired) electrons. The first-order valence-corrected chi connectivity index (χ1v) is 11.7. The Hall–Kier alpha value is -2.73. The highest BCUT2D eigenvalue weighted by Gasteiger charge is 2.36. The van der Waals surface area contributed by atoms with Crippen LogP contribution in [0.15, 0.2) is 42.5 Å². The second kappa shape index (κ2) is 10.3. The largest absolute Gasteiger partial charge is 0.496 e. The number of likely N-dealkylation sites (tertiary alicyclic amines) is 1. The highest BCUT2D eigenvalue weighted by Crippen LogP contribution is 2.37. The SMILES string of the molecule is COc1cc(NC(=O)NCc2ccccc2Cl)ccc1C(=O)N1CCC[C@H]2CCCC[C@H]21. The van der Waals surface area contributed by atoms with Crippen LogP contribution in [0, 0.1) is 5.92 Å². The van der Waals surface area contributed by atoms with Crippen LogP contribution in [0.5, 0.6) is 5.75 Å². The van der Waals surface area contributed by atoms with Crippen molar-refractivity contribution < 1.29 is 14.3 Å². The number of halogens is 1. The minimum absolute atomic E-state index is 0.0215. The van der Waals surface area contributed by atoms with Crippen molar-refractivity contribution in [1.29, 1.82) is 0 Å². The lowest BCUT2D eigenvalue weighted by Crippen LogP contribution is -2.49. The summed E-state index contributed by atoms with van der Waals surface area (Å²) in [5.41, 5.74) is 1.94. The van der Waals surface area contributed by atoms with Crippen molar-refractivity contribution in [1.82, 2.24) is 10.2 Å². The van der Waals surface area contributed by atoms with Crippen molar-refractivity contribution >= 4 is 29.2 Å². The van der Waals surface area contributed by atoms with Crippen molar-refractivity contribution in [2.24, 2.45) is 5.92 Å². The maximum absolute atomic E-state index is 13.4. The van der Waals surface area contributed by atoms with Gasteiger partial charge in [-0.3, -0.25) is 4.79 Å². The summed E-state index contributed by atoms with van der Waals surface area (Å²) < 4.78 is 5.52. The zero-order valence-corrected chi connectivity index (χ0v) is 19.2. The second-order valence-electron chi connectivity index (χ2n) is 8.57. The number of benzene rings is 2. The van der Waals surface area contributed by atoms with E-state index in [4.69, 9.17) is 16.3 Å². The highest BCUT2D eigenvalue weighted by atomic mass is 35.5. The molecular weight excluding hydrogens is 426 g/mol. The normalized spacial score (nSPS) is 20.2. The van der Waals surface area contributed by atoms with Gasteiger partial charge in [0.25, 0.3) is 5.91 Å². The molecule has 2 fully saturated rings. The molecule has 0 unspecified atom stereocenters. The Morgan fingerprint density at radius 2 is 1.88 bits per heavy atom. The first-order valence-electron chi connectivity index (χ1n) is 11.3. The van der Waals surface area contributed by atoms with E-state index in [0.29, 0.717) is 40.5 Å². The Balaban J connectivity index is 1.42. The number of piperidine rings is 1. The van der Waals surface area contributed by atoms with Crippen molar-refractivity contribution in [3.8, 4) is 5.75 Å². The molecular formula is C25H30ClN3O3. The molecule has 3 amide bonds. The van der Waals surface area contributed by atoms with Gasteiger partial charge in [-0.05, 0) is 55.4 Å². The summed E-state index contributed by atoms with van der Waals surface area (Å²) in [7, 11) is 1.55. The van der Waals surface area contributed by atoms with Gasteiger partial charge >= 0.3 is 6.03 Å². The van der Waals surface area contributed by atoms with Crippen LogP contribution in [0.3, 0.4) is 0 Å². The Bertz CT molecular complexity index is 979. The molecule has 1 saturated heterocycles. The Morgan fingerprint density at radius 1 is 1.09 bits per heavy atom. The quantitative estimate of drug-likeness (QED) is 0.628. The van der Waals surface area contributed by atoms with Gasteiger partial charge in [-0.1, -0.05) is 42.6 Å². The van der Waals surface area contributed by atoms with Gasteiger partial charge in [0.15, 0.2) is 0 Å². The molecule has 0 spiro atoms. The number of amides is 3. The van der Waals surface area contributed by atoms with Gasteiger partial charge in [0.1, 0.15) is 5.75 Å². The fourth-order valence-corrected chi connectivity index (χ4v) is 5.17. The summed E-state index contributed by atoms with van der Waals surface area (Å²) in [5, 5.41) is 6.20. The molecule has 1 saturated carbocycles. The van der Waals surface area contributed by atoms with Crippen LogP contribution in [0.25, 0.3) is 0 Å². The third-order valence-corrected chi connectivity index (χ3v) is 6.96. The molecule has 2 N–H and O–H groups in total. The van der Waals surface area contributed by atoms with Crippen molar-refractivity contribution in [2.75, 3.05) is 19.0 Å². The van der Waals surface area contributed by atoms with E-state index >= 15 is 0 Å². The number of ether oxygens (including phenoxy) is 1. The van der Waals surface area contributed by atoms with Crippen LogP contribution in [-0.2, 0) is 6.54 Å². The zero-order chi connectivity index (χ0) is 22.5. The molecule has 32 heavy (non-hydrogen) atoms. The molecule has 6 nitrogen and oxygen atoms in total. The van der Waals surface area contributed by atoms with Gasteiger partial charge in [0, 0.05) is 35.9 Å². The smallest absolute Gasteiger partial charge is 0.319 e. The predicted octanol–water partition coefficient (Wildman–Crippen LogP) is 5.47. The Kier molecular flexibility index (Phi) is 7.20. The maximum Gasteiger partial charge on any atom is 0.319 e. The van der Waals surface area contributed by atoms with Gasteiger partial charge in [-0.2, -0.15) is 0 Å². The van der Waals surface area contributed by atoms with E-state index in [1.165, 1.54) is 25.7 Å². The monoisotopic (exact) mass is 455 g/mol. The molecule has 0 bridgehead atoms. The number of hydrogen-bond donors (Lipinski definition) is 2. The number of urea groups is 1. The van der Waals surface area contributed by atoms with Crippen molar-refractivity contribution in [3.63, 3.8) is 0 Å². The Morgan fingerprint density at radius 3 is 2.69 bits per heavy atom. The summed E-state index contributed by atoms with van der Waals surface area (Å²) in [6.45, 7) is 1.12. The molecule has 4 rings (SSSR count). The summed E-state index contributed by atoms with van der Waals surface area (Å²) in [6, 6.07) is 12.5. The third-order valence-electron chi connectivity index (χ3n) is 6.59. The fraction of sp³-hybridized carbons (Fsp3) is 0.440. The average molecular weight is 456 g/mol. The molecule has 2 aromatic carbocycles. The van der Waals surface area contributed by atoms with E-state index in [1.54, 1.807) is 31.4 Å². The average Bonchev–Trinajstić information content (AvgIpc) is 2.82. The number of anilines is 1. The standard InChI is InChI=1S/C25H30ClN3O3/c1-32-23-15-19(28-25(31)27-16-18-8-2-4-10-21(18)26)12-13-20(23)24(30)29-14-6-9-17-7-3-5-11-22(17)29/h2,4,8,10,12-13,15,17,22H,3,5-7,9,11,14,16H2,1H3,(H2,27,28,31)/t17-,22-/m1/s1. The van der Waals surface area contributed by atoms with Gasteiger partial charge in [-0.15, -0.1) is 0 Å². The fourth-order valence-electron chi connectivity index (χ4n) is 4.97. The topological polar surface area (TPSA) is 70.7 Å². The van der Waals surface area contributed by atoms with E-state index in [0.717, 1.165) is 24.9 Å². The molecule has 0 aromatic heterocycles. The number of nitrogens with zero attached hydrogens (tertiary/aromatic N) is 1. The minimum Gasteiger partial charge on any atom is -0.496 e. The highest BCUT2D eigenvalue weighted by molar-refractivity contribution is 6.31. The molecule has 170 valence electrons. The maximum atomic E-state index is 13.4. The predicted molar refractivity (Wildman–Crippen MR) is 126 cm³/mol. The van der Waals surface area contributed by atoms with E-state index in [2.05, 4.69) is 15.5 Å². The number of carbonyl (C=O) groups is 2. The lowest BCUT2D eigenvalue weighted by molar-refractivity contribution is 0.0388. The van der Waals surface area contributed by atoms with Crippen LogP contribution in [-0.4, -0.2) is 36.5 Å². The first-order chi connectivity index (χ1) is 15.6. The number of fused-ring (bicyclic) bond motifs is 1. The van der Waals surface area contributed by atoms with Crippen LogP contribution in [0.4, 0.5) is 10.5 Å². The minimum atomic E-state index is -0.355. The third kappa shape index (κ3) is 5.01. The van der Waals surface area contributed by atoms with Gasteiger partial charge in [0.05, 0.1) is 12.7 Å². The van der Waals surface area contributed by atoms with Gasteiger partial charge in [-0.25, -0.2) is 4.79 Å². The molecule has 2 aliphatic rings. The summed E-state index contributed by atoms with van der Waals surface area (Å²) in [4.78, 5) is 27.8. The second-order valence-corrected chi connectivity index (χ2v) is 8.97. The number of methoxy groups -OCH3 is 1. The summed E-state index contributed by atoms with van der Waals surface area (Å²) in [6.07, 6.45) is 7.04. The van der Waals surface area contributed by atoms with Crippen LogP contribution in [0.2, 0.25) is 5.02 Å². The lowest BCUT2D eigenvalue weighted by atomic mass is 9.78. The van der Waals surface area contributed by atoms with Crippen LogP contribution >= 0.6 is 11.6 Å². The van der Waals surface area contributed by atoms with Gasteiger partial charge in [0.2, 0.25) is 0 Å². The number of hydrogen-bond acceptors (Lipinski definition) is 3. The van der Waals surface area contributed by atoms with E-state index in [9.17, 15) is 9.59 Å². The molecule has 7 heteroatoms. The van der Waals surface area contributed by atoms with Crippen molar-refractivity contribution in [2.45, 2.75) is 51.1 Å². The molecule has 2 atom stereocenters. The lowest BCUT2D eigenvalue weighted by Gasteiger charge is -2.44. The first kappa shape index (κ1) is 22.5. The molecule has 2 aromatic rings.